The van der Waals surface area contributed by atoms with Crippen LogP contribution in [0.15, 0.2) is 52.3 Å². The number of rotatable bonds is 4. The van der Waals surface area contributed by atoms with Crippen molar-refractivity contribution >= 4 is 28.5 Å². The lowest BCUT2D eigenvalue weighted by molar-refractivity contribution is 0.353. The third-order valence-corrected chi connectivity index (χ3v) is 6.50. The van der Waals surface area contributed by atoms with Gasteiger partial charge in [0.15, 0.2) is 11.5 Å². The van der Waals surface area contributed by atoms with Gasteiger partial charge in [-0.2, -0.15) is 4.98 Å². The Balaban J connectivity index is 1.19. The number of halogens is 1. The maximum atomic E-state index is 12.7. The number of aromatic nitrogens is 6. The molecule has 1 aliphatic carbocycles. The van der Waals surface area contributed by atoms with Crippen molar-refractivity contribution in [2.75, 3.05) is 11.4 Å². The van der Waals surface area contributed by atoms with Crippen LogP contribution in [-0.2, 0) is 6.54 Å². The van der Waals surface area contributed by atoms with Gasteiger partial charge in [0.1, 0.15) is 18.7 Å². The zero-order valence-electron chi connectivity index (χ0n) is 16.4. The zero-order chi connectivity index (χ0) is 20.9. The van der Waals surface area contributed by atoms with Gasteiger partial charge in [-0.25, -0.2) is 15.0 Å². The quantitative estimate of drug-likeness (QED) is 0.482. The summed E-state index contributed by atoms with van der Waals surface area (Å²) in [6, 6.07) is 7.52. The van der Waals surface area contributed by atoms with E-state index in [4.69, 9.17) is 16.1 Å². The molecule has 2 aliphatic rings. The Morgan fingerprint density at radius 1 is 1.16 bits per heavy atom. The summed E-state index contributed by atoms with van der Waals surface area (Å²) >= 11 is 6.13. The highest BCUT2D eigenvalue weighted by atomic mass is 35.5. The first-order chi connectivity index (χ1) is 15.2. The van der Waals surface area contributed by atoms with Crippen molar-refractivity contribution in [1.82, 2.24) is 29.7 Å². The highest BCUT2D eigenvalue weighted by Gasteiger charge is 2.47. The van der Waals surface area contributed by atoms with E-state index in [1.54, 1.807) is 30.6 Å². The van der Waals surface area contributed by atoms with Gasteiger partial charge in [0.05, 0.1) is 5.39 Å². The first-order valence-electron chi connectivity index (χ1n) is 10.2. The van der Waals surface area contributed by atoms with Crippen molar-refractivity contribution in [2.24, 2.45) is 5.92 Å². The van der Waals surface area contributed by atoms with Gasteiger partial charge in [0.2, 0.25) is 5.89 Å². The van der Waals surface area contributed by atoms with Gasteiger partial charge in [-0.15, -0.1) is 0 Å². The van der Waals surface area contributed by atoms with Gasteiger partial charge in [-0.05, 0) is 43.0 Å². The molecule has 3 atom stereocenters. The van der Waals surface area contributed by atoms with E-state index in [1.807, 2.05) is 6.07 Å². The SMILES string of the molecule is O=c1c2cccnc2ncn1Cc1nc([C@@H]2CC3C[C@H]2CN3c2cc(Cl)ccn2)no1. The molecule has 2 fully saturated rings. The molecular weight excluding hydrogens is 418 g/mol. The van der Waals surface area contributed by atoms with Crippen LogP contribution in [0.5, 0.6) is 0 Å². The summed E-state index contributed by atoms with van der Waals surface area (Å²) in [6.07, 6.45) is 6.84. The molecule has 0 amide bonds. The smallest absolute Gasteiger partial charge is 0.263 e. The first-order valence-corrected chi connectivity index (χ1v) is 10.5. The molecule has 4 aromatic heterocycles. The standard InChI is InChI=1S/C21H18ClN7O2/c22-13-3-5-23-17(7-13)29-9-12-6-14(29)8-16(12)20-26-18(31-27-20)10-28-11-25-19-15(21(28)30)2-1-4-24-19/h1-5,7,11-12,14,16H,6,8-10H2/t12-,14?,16+/m0/s1. The molecule has 31 heavy (non-hydrogen) atoms. The molecule has 0 spiro atoms. The number of piperidine rings is 1. The van der Waals surface area contributed by atoms with Crippen molar-refractivity contribution < 1.29 is 4.52 Å². The van der Waals surface area contributed by atoms with E-state index in [1.165, 1.54) is 10.9 Å². The van der Waals surface area contributed by atoms with Crippen molar-refractivity contribution in [3.05, 3.63) is 70.1 Å². The fourth-order valence-corrected chi connectivity index (χ4v) is 4.99. The number of hydrogen-bond acceptors (Lipinski definition) is 8. The molecule has 10 heteroatoms. The Bertz CT molecular complexity index is 1340. The first kappa shape index (κ1) is 18.4. The Morgan fingerprint density at radius 2 is 2.10 bits per heavy atom. The lowest BCUT2D eigenvalue weighted by Crippen LogP contribution is -2.35. The second-order valence-electron chi connectivity index (χ2n) is 8.07. The maximum absolute atomic E-state index is 12.7. The van der Waals surface area contributed by atoms with Crippen LogP contribution >= 0.6 is 11.6 Å². The lowest BCUT2D eigenvalue weighted by atomic mass is 9.94. The molecule has 2 bridgehead atoms. The van der Waals surface area contributed by atoms with Gasteiger partial charge in [-0.3, -0.25) is 9.36 Å². The fourth-order valence-electron chi connectivity index (χ4n) is 4.84. The third kappa shape index (κ3) is 3.16. The van der Waals surface area contributed by atoms with Gasteiger partial charge in [0, 0.05) is 35.9 Å². The molecule has 0 N–H and O–H groups in total. The van der Waals surface area contributed by atoms with E-state index in [9.17, 15) is 4.79 Å². The second kappa shape index (κ2) is 7.12. The minimum Gasteiger partial charge on any atom is -0.353 e. The van der Waals surface area contributed by atoms with Gasteiger partial charge in [0.25, 0.3) is 5.56 Å². The Hall–Kier alpha value is -3.33. The summed E-state index contributed by atoms with van der Waals surface area (Å²) in [6.45, 7) is 1.08. The van der Waals surface area contributed by atoms with E-state index in [2.05, 4.69) is 30.0 Å². The average Bonchev–Trinajstić information content (AvgIpc) is 3.51. The molecule has 1 saturated carbocycles. The van der Waals surface area contributed by atoms with Crippen molar-refractivity contribution in [1.29, 1.82) is 0 Å². The number of hydrogen-bond donors (Lipinski definition) is 0. The third-order valence-electron chi connectivity index (χ3n) is 6.26. The Labute approximate surface area is 181 Å². The van der Waals surface area contributed by atoms with E-state index < -0.39 is 0 Å². The summed E-state index contributed by atoms with van der Waals surface area (Å²) in [7, 11) is 0. The summed E-state index contributed by atoms with van der Waals surface area (Å²) < 4.78 is 6.94. The number of anilines is 1. The zero-order valence-corrected chi connectivity index (χ0v) is 17.2. The monoisotopic (exact) mass is 435 g/mol. The molecule has 1 unspecified atom stereocenters. The van der Waals surface area contributed by atoms with Gasteiger partial charge >= 0.3 is 0 Å². The van der Waals surface area contributed by atoms with Crippen LogP contribution < -0.4 is 10.5 Å². The van der Waals surface area contributed by atoms with E-state index >= 15 is 0 Å². The second-order valence-corrected chi connectivity index (χ2v) is 8.51. The number of pyridine rings is 2. The van der Waals surface area contributed by atoms with Crippen LogP contribution in [-0.4, -0.2) is 42.2 Å². The van der Waals surface area contributed by atoms with Crippen LogP contribution in [0.3, 0.4) is 0 Å². The molecule has 6 rings (SSSR count). The largest absolute Gasteiger partial charge is 0.353 e. The summed E-state index contributed by atoms with van der Waals surface area (Å²) in [4.78, 5) is 32.4. The number of fused-ring (bicyclic) bond motifs is 3. The lowest BCUT2D eigenvalue weighted by Gasteiger charge is -2.31. The highest BCUT2D eigenvalue weighted by Crippen LogP contribution is 2.47. The normalized spacial score (nSPS) is 22.5. The average molecular weight is 436 g/mol. The van der Waals surface area contributed by atoms with Crippen LogP contribution in [0, 0.1) is 5.92 Å². The minimum absolute atomic E-state index is 0.178. The van der Waals surface area contributed by atoms with E-state index in [0.717, 1.165) is 25.2 Å². The number of nitrogens with zero attached hydrogens (tertiary/aromatic N) is 7. The molecule has 5 heterocycles. The van der Waals surface area contributed by atoms with Gasteiger partial charge in [-0.1, -0.05) is 16.8 Å². The highest BCUT2D eigenvalue weighted by molar-refractivity contribution is 6.30. The summed E-state index contributed by atoms with van der Waals surface area (Å²) in [5.41, 5.74) is 0.248. The van der Waals surface area contributed by atoms with E-state index in [0.29, 0.717) is 39.7 Å². The molecule has 0 aromatic carbocycles. The summed E-state index contributed by atoms with van der Waals surface area (Å²) in [5.74, 6) is 2.72. The minimum atomic E-state index is -0.178. The predicted molar refractivity (Wildman–Crippen MR) is 113 cm³/mol. The van der Waals surface area contributed by atoms with Crippen molar-refractivity contribution in [3.8, 4) is 0 Å². The van der Waals surface area contributed by atoms with Crippen LogP contribution in [0.25, 0.3) is 11.0 Å². The van der Waals surface area contributed by atoms with Crippen molar-refractivity contribution in [3.63, 3.8) is 0 Å². The van der Waals surface area contributed by atoms with Crippen LogP contribution in [0.1, 0.15) is 30.5 Å². The Morgan fingerprint density at radius 3 is 2.94 bits per heavy atom. The molecule has 9 nitrogen and oxygen atoms in total. The van der Waals surface area contributed by atoms with Crippen molar-refractivity contribution in [2.45, 2.75) is 31.3 Å². The Kier molecular flexibility index (Phi) is 4.24. The summed E-state index contributed by atoms with van der Waals surface area (Å²) in [5, 5.41) is 5.39. The predicted octanol–water partition coefficient (Wildman–Crippen LogP) is 2.65. The molecule has 1 saturated heterocycles. The van der Waals surface area contributed by atoms with E-state index in [-0.39, 0.29) is 18.0 Å². The molecule has 4 aromatic rings. The van der Waals surface area contributed by atoms with Crippen LogP contribution in [0.2, 0.25) is 5.02 Å². The molecule has 0 radical (unpaired) electrons. The maximum Gasteiger partial charge on any atom is 0.263 e. The molecule has 1 aliphatic heterocycles. The van der Waals surface area contributed by atoms with Crippen LogP contribution in [0.4, 0.5) is 5.82 Å². The van der Waals surface area contributed by atoms with Gasteiger partial charge < -0.3 is 9.42 Å². The molecular formula is C21H18ClN7O2. The topological polar surface area (TPSA) is 103 Å². The molecule has 156 valence electrons. The fraction of sp³-hybridized carbons (Fsp3) is 0.333.